The summed E-state index contributed by atoms with van der Waals surface area (Å²) in [4.78, 5) is 11.3. The fourth-order valence-electron chi connectivity index (χ4n) is 3.27. The third-order valence-corrected chi connectivity index (χ3v) is 6.32. The van der Waals surface area contributed by atoms with Crippen molar-refractivity contribution in [2.75, 3.05) is 5.75 Å². The van der Waals surface area contributed by atoms with Crippen LogP contribution in [0.5, 0.6) is 5.75 Å². The van der Waals surface area contributed by atoms with E-state index in [0.29, 0.717) is 5.56 Å². The summed E-state index contributed by atoms with van der Waals surface area (Å²) in [6, 6.07) is 23.2. The predicted molar refractivity (Wildman–Crippen MR) is 114 cm³/mol. The summed E-state index contributed by atoms with van der Waals surface area (Å²) < 4.78 is 40.9. The lowest BCUT2D eigenvalue weighted by Crippen LogP contribution is -2.36. The third-order valence-electron chi connectivity index (χ3n) is 4.65. The van der Waals surface area contributed by atoms with Crippen LogP contribution in [0.2, 0.25) is 0 Å². The predicted octanol–water partition coefficient (Wildman–Crippen LogP) is 5.02. The SMILES string of the molecule is N[C@@H](CSC(c1ccccc1)(c1ccccc1)c1ccc(OC(F)(F)F)cc1)C(=O)O. The van der Waals surface area contributed by atoms with Crippen LogP contribution in [-0.2, 0) is 9.54 Å². The second-order valence-electron chi connectivity index (χ2n) is 6.74. The number of ether oxygens (including phenoxy) is 1. The summed E-state index contributed by atoms with van der Waals surface area (Å²) in [5.41, 5.74) is 8.14. The summed E-state index contributed by atoms with van der Waals surface area (Å²) in [5.74, 6) is -1.38. The van der Waals surface area contributed by atoms with Crippen LogP contribution in [0.4, 0.5) is 13.2 Å². The molecule has 0 aliphatic rings. The third kappa shape index (κ3) is 5.39. The van der Waals surface area contributed by atoms with E-state index in [1.165, 1.54) is 23.9 Å². The highest BCUT2D eigenvalue weighted by Gasteiger charge is 2.38. The van der Waals surface area contributed by atoms with Crippen molar-refractivity contribution in [1.29, 1.82) is 0 Å². The van der Waals surface area contributed by atoms with E-state index in [9.17, 15) is 23.1 Å². The Hall–Kier alpha value is -2.97. The van der Waals surface area contributed by atoms with Crippen LogP contribution in [0.25, 0.3) is 0 Å². The molecule has 3 rings (SSSR count). The molecule has 0 saturated carbocycles. The molecule has 1 atom stereocenters. The summed E-state index contributed by atoms with van der Waals surface area (Å²) in [6.45, 7) is 0. The molecule has 31 heavy (non-hydrogen) atoms. The number of thioether (sulfide) groups is 1. The summed E-state index contributed by atoms with van der Waals surface area (Å²) in [7, 11) is 0. The quantitative estimate of drug-likeness (QED) is 0.475. The van der Waals surface area contributed by atoms with Gasteiger partial charge in [-0.3, -0.25) is 4.79 Å². The van der Waals surface area contributed by atoms with Gasteiger partial charge in [-0.25, -0.2) is 0 Å². The molecule has 0 unspecified atom stereocenters. The average Bonchev–Trinajstić information content (AvgIpc) is 2.75. The van der Waals surface area contributed by atoms with Crippen molar-refractivity contribution in [3.05, 3.63) is 102 Å². The Morgan fingerprint density at radius 3 is 1.74 bits per heavy atom. The van der Waals surface area contributed by atoms with E-state index in [2.05, 4.69) is 4.74 Å². The number of carboxylic acids is 1. The molecule has 3 aromatic rings. The van der Waals surface area contributed by atoms with Gasteiger partial charge >= 0.3 is 12.3 Å². The van der Waals surface area contributed by atoms with Crippen molar-refractivity contribution >= 4 is 17.7 Å². The van der Waals surface area contributed by atoms with Gasteiger partial charge in [0.2, 0.25) is 0 Å². The second-order valence-corrected chi connectivity index (χ2v) is 7.98. The molecule has 0 aliphatic heterocycles. The zero-order chi connectivity index (χ0) is 22.5. The number of carbonyl (C=O) groups is 1. The molecule has 0 spiro atoms. The van der Waals surface area contributed by atoms with Crippen molar-refractivity contribution in [2.24, 2.45) is 5.73 Å². The van der Waals surface area contributed by atoms with Gasteiger partial charge in [0.15, 0.2) is 0 Å². The number of nitrogens with two attached hydrogens (primary N) is 1. The minimum Gasteiger partial charge on any atom is -0.480 e. The van der Waals surface area contributed by atoms with Gasteiger partial charge in [0.25, 0.3) is 0 Å². The Balaban J connectivity index is 2.15. The minimum absolute atomic E-state index is 0.0833. The van der Waals surface area contributed by atoms with Crippen molar-refractivity contribution in [1.82, 2.24) is 0 Å². The monoisotopic (exact) mass is 447 g/mol. The number of benzene rings is 3. The maximum absolute atomic E-state index is 12.6. The van der Waals surface area contributed by atoms with Gasteiger partial charge in [0.05, 0.1) is 4.75 Å². The molecule has 0 aliphatic carbocycles. The summed E-state index contributed by atoms with van der Waals surface area (Å²) in [6.07, 6.45) is -4.79. The molecule has 162 valence electrons. The first-order chi connectivity index (χ1) is 14.7. The average molecular weight is 447 g/mol. The van der Waals surface area contributed by atoms with E-state index in [1.54, 1.807) is 12.1 Å². The summed E-state index contributed by atoms with van der Waals surface area (Å²) in [5, 5.41) is 9.27. The molecular weight excluding hydrogens is 427 g/mol. The molecule has 0 saturated heterocycles. The van der Waals surface area contributed by atoms with Gasteiger partial charge in [-0.15, -0.1) is 24.9 Å². The molecule has 0 fully saturated rings. The summed E-state index contributed by atoms with van der Waals surface area (Å²) >= 11 is 1.31. The van der Waals surface area contributed by atoms with E-state index < -0.39 is 23.1 Å². The van der Waals surface area contributed by atoms with Crippen molar-refractivity contribution in [2.45, 2.75) is 17.2 Å². The maximum atomic E-state index is 12.6. The van der Waals surface area contributed by atoms with Crippen molar-refractivity contribution in [3.63, 3.8) is 0 Å². The molecule has 3 aromatic carbocycles. The second kappa shape index (κ2) is 9.45. The Morgan fingerprint density at radius 1 is 0.871 bits per heavy atom. The van der Waals surface area contributed by atoms with Crippen LogP contribution in [0.1, 0.15) is 16.7 Å². The van der Waals surface area contributed by atoms with E-state index in [4.69, 9.17) is 5.73 Å². The normalized spacial score (nSPS) is 12.9. The number of alkyl halides is 3. The first-order valence-electron chi connectivity index (χ1n) is 9.32. The number of hydrogen-bond acceptors (Lipinski definition) is 4. The molecule has 0 bridgehead atoms. The van der Waals surface area contributed by atoms with Gasteiger partial charge in [0.1, 0.15) is 11.8 Å². The number of hydrogen-bond donors (Lipinski definition) is 2. The first-order valence-corrected chi connectivity index (χ1v) is 10.3. The lowest BCUT2D eigenvalue weighted by molar-refractivity contribution is -0.274. The smallest absolute Gasteiger partial charge is 0.480 e. The molecular formula is C23H20F3NO3S. The molecule has 0 aromatic heterocycles. The Morgan fingerprint density at radius 2 is 1.32 bits per heavy atom. The van der Waals surface area contributed by atoms with Crippen LogP contribution < -0.4 is 10.5 Å². The number of carboxylic acid groups (broad SMARTS) is 1. The van der Waals surface area contributed by atoms with E-state index >= 15 is 0 Å². The largest absolute Gasteiger partial charge is 0.573 e. The Labute approximate surface area is 181 Å². The molecule has 0 heterocycles. The molecule has 0 radical (unpaired) electrons. The highest BCUT2D eigenvalue weighted by Crippen LogP contribution is 2.49. The van der Waals surface area contributed by atoms with Gasteiger partial charge in [-0.1, -0.05) is 72.8 Å². The molecule has 8 heteroatoms. The van der Waals surface area contributed by atoms with Crippen molar-refractivity contribution < 1.29 is 27.8 Å². The lowest BCUT2D eigenvalue weighted by Gasteiger charge is -2.36. The van der Waals surface area contributed by atoms with Crippen LogP contribution in [0.15, 0.2) is 84.9 Å². The van der Waals surface area contributed by atoms with Crippen molar-refractivity contribution in [3.8, 4) is 5.75 Å². The fourth-order valence-corrected chi connectivity index (χ4v) is 4.75. The standard InChI is InChI=1S/C23H20F3NO3S/c24-23(25,26)30-19-13-11-18(12-14-19)22(16-7-3-1-4-8-16,17-9-5-2-6-10-17)31-15-20(27)21(28)29/h1-14,20H,15,27H2,(H,28,29)/t20-/m0/s1. The van der Waals surface area contributed by atoms with Crippen LogP contribution in [0, 0.1) is 0 Å². The number of rotatable bonds is 8. The first kappa shape index (κ1) is 22.7. The van der Waals surface area contributed by atoms with Gasteiger partial charge < -0.3 is 15.6 Å². The fraction of sp³-hybridized carbons (Fsp3) is 0.174. The van der Waals surface area contributed by atoms with E-state index in [0.717, 1.165) is 11.1 Å². The molecule has 3 N–H and O–H groups in total. The zero-order valence-electron chi connectivity index (χ0n) is 16.3. The lowest BCUT2D eigenvalue weighted by atomic mass is 9.84. The molecule has 0 amide bonds. The van der Waals surface area contributed by atoms with Crippen LogP contribution in [-0.4, -0.2) is 29.2 Å². The van der Waals surface area contributed by atoms with Gasteiger partial charge in [-0.2, -0.15) is 0 Å². The highest BCUT2D eigenvalue weighted by atomic mass is 32.2. The Bertz CT molecular complexity index is 957. The van der Waals surface area contributed by atoms with E-state index in [1.807, 2.05) is 60.7 Å². The van der Waals surface area contributed by atoms with Crippen LogP contribution in [0.3, 0.4) is 0 Å². The zero-order valence-corrected chi connectivity index (χ0v) is 17.1. The number of halogens is 3. The Kier molecular flexibility index (Phi) is 6.92. The topological polar surface area (TPSA) is 72.5 Å². The minimum atomic E-state index is -4.79. The highest BCUT2D eigenvalue weighted by molar-refractivity contribution is 8.00. The molecule has 4 nitrogen and oxygen atoms in total. The van der Waals surface area contributed by atoms with Crippen LogP contribution >= 0.6 is 11.8 Å². The van der Waals surface area contributed by atoms with Gasteiger partial charge in [-0.05, 0) is 28.8 Å². The van der Waals surface area contributed by atoms with E-state index in [-0.39, 0.29) is 11.5 Å². The van der Waals surface area contributed by atoms with Gasteiger partial charge in [0, 0.05) is 5.75 Å². The maximum Gasteiger partial charge on any atom is 0.573 e. The number of aliphatic carboxylic acids is 1.